The van der Waals surface area contributed by atoms with Crippen molar-refractivity contribution in [3.63, 3.8) is 0 Å². The molecular weight excluding hydrogens is 202 g/mol. The lowest BCUT2D eigenvalue weighted by molar-refractivity contribution is -0.137. The fourth-order valence-electron chi connectivity index (χ4n) is 1.73. The predicted molar refractivity (Wildman–Crippen MR) is 54.8 cm³/mol. The molecule has 3 nitrogen and oxygen atoms in total. The quantitative estimate of drug-likeness (QED) is 0.788. The van der Waals surface area contributed by atoms with E-state index in [0.29, 0.717) is 5.02 Å². The average molecular weight is 212 g/mol. The van der Waals surface area contributed by atoms with Gasteiger partial charge in [0.2, 0.25) is 0 Å². The third-order valence-electron chi connectivity index (χ3n) is 2.32. The number of carbonyl (C=O) groups is 1. The lowest BCUT2D eigenvalue weighted by atomic mass is 10.1. The Morgan fingerprint density at radius 1 is 1.64 bits per heavy atom. The summed E-state index contributed by atoms with van der Waals surface area (Å²) in [6.45, 7) is 0. The van der Waals surface area contributed by atoms with Crippen molar-refractivity contribution in [2.24, 2.45) is 0 Å². The van der Waals surface area contributed by atoms with E-state index in [1.165, 1.54) is 0 Å². The molecule has 0 spiro atoms. The molecule has 1 aliphatic heterocycles. The van der Waals surface area contributed by atoms with Gasteiger partial charge in [0.05, 0.1) is 6.42 Å². The molecule has 0 saturated carbocycles. The average Bonchev–Trinajstić information content (AvgIpc) is 2.44. The molecule has 14 heavy (non-hydrogen) atoms. The normalized spacial score (nSPS) is 18.8. The van der Waals surface area contributed by atoms with Crippen molar-refractivity contribution in [2.75, 3.05) is 5.32 Å². The van der Waals surface area contributed by atoms with Crippen LogP contribution in [0.5, 0.6) is 0 Å². The fraction of sp³-hybridized carbons (Fsp3) is 0.300. The monoisotopic (exact) mass is 211 g/mol. The highest BCUT2D eigenvalue weighted by atomic mass is 35.5. The minimum absolute atomic E-state index is 0.000895. The molecule has 4 heteroatoms. The highest BCUT2D eigenvalue weighted by molar-refractivity contribution is 6.30. The molecule has 0 aromatic heterocycles. The zero-order chi connectivity index (χ0) is 10.1. The second-order valence-corrected chi connectivity index (χ2v) is 3.88. The van der Waals surface area contributed by atoms with Crippen LogP contribution in [0, 0.1) is 0 Å². The number of halogens is 1. The number of fused-ring (bicyclic) bond motifs is 1. The molecule has 0 amide bonds. The summed E-state index contributed by atoms with van der Waals surface area (Å²) in [4.78, 5) is 10.5. The Morgan fingerprint density at radius 2 is 2.43 bits per heavy atom. The fourth-order valence-corrected chi connectivity index (χ4v) is 1.90. The van der Waals surface area contributed by atoms with Crippen LogP contribution in [0.15, 0.2) is 18.2 Å². The molecule has 1 aromatic rings. The standard InChI is InChI=1S/C10H10ClNO2/c11-7-2-1-6-3-8(5-10(13)14)12-9(6)4-7/h1-2,4,8,12H,3,5H2,(H,13,14). The molecule has 0 saturated heterocycles. The third-order valence-corrected chi connectivity index (χ3v) is 2.55. The van der Waals surface area contributed by atoms with E-state index in [-0.39, 0.29) is 12.5 Å². The van der Waals surface area contributed by atoms with Gasteiger partial charge in [-0.05, 0) is 24.1 Å². The van der Waals surface area contributed by atoms with Crippen LogP contribution in [0.4, 0.5) is 5.69 Å². The van der Waals surface area contributed by atoms with Gasteiger partial charge in [-0.25, -0.2) is 0 Å². The van der Waals surface area contributed by atoms with Crippen LogP contribution in [0.25, 0.3) is 0 Å². The molecule has 1 atom stereocenters. The van der Waals surface area contributed by atoms with E-state index in [9.17, 15) is 4.79 Å². The van der Waals surface area contributed by atoms with Crippen LogP contribution >= 0.6 is 11.6 Å². The summed E-state index contributed by atoms with van der Waals surface area (Å²) in [6, 6.07) is 5.59. The summed E-state index contributed by atoms with van der Waals surface area (Å²) < 4.78 is 0. The molecule has 1 aromatic carbocycles. The summed E-state index contributed by atoms with van der Waals surface area (Å²) >= 11 is 5.82. The predicted octanol–water partition coefficient (Wildman–Crippen LogP) is 2.15. The number of nitrogens with one attached hydrogen (secondary N) is 1. The third kappa shape index (κ3) is 1.82. The first kappa shape index (κ1) is 9.34. The van der Waals surface area contributed by atoms with Crippen molar-refractivity contribution in [3.05, 3.63) is 28.8 Å². The summed E-state index contributed by atoms with van der Waals surface area (Å²) in [6.07, 6.45) is 0.908. The van der Waals surface area contributed by atoms with Gasteiger partial charge in [-0.2, -0.15) is 0 Å². The lowest BCUT2D eigenvalue weighted by Crippen LogP contribution is -2.19. The molecular formula is C10H10ClNO2. The van der Waals surface area contributed by atoms with E-state index < -0.39 is 5.97 Å². The van der Waals surface area contributed by atoms with E-state index in [1.807, 2.05) is 18.2 Å². The highest BCUT2D eigenvalue weighted by Gasteiger charge is 2.22. The number of aliphatic carboxylic acids is 1. The number of rotatable bonds is 2. The first-order valence-corrected chi connectivity index (χ1v) is 4.79. The number of hydrogen-bond donors (Lipinski definition) is 2. The zero-order valence-corrected chi connectivity index (χ0v) is 8.21. The number of carboxylic acid groups (broad SMARTS) is 1. The minimum Gasteiger partial charge on any atom is -0.481 e. The molecule has 1 aliphatic rings. The van der Waals surface area contributed by atoms with Crippen molar-refractivity contribution in [2.45, 2.75) is 18.9 Å². The van der Waals surface area contributed by atoms with Gasteiger partial charge in [0, 0.05) is 16.8 Å². The van der Waals surface area contributed by atoms with Crippen LogP contribution in [0.2, 0.25) is 5.02 Å². The van der Waals surface area contributed by atoms with Crippen LogP contribution in [0.3, 0.4) is 0 Å². The van der Waals surface area contributed by atoms with Gasteiger partial charge < -0.3 is 10.4 Å². The number of anilines is 1. The molecule has 0 radical (unpaired) electrons. The molecule has 2 rings (SSSR count). The zero-order valence-electron chi connectivity index (χ0n) is 7.46. The Labute approximate surface area is 86.7 Å². The van der Waals surface area contributed by atoms with Gasteiger partial charge in [0.15, 0.2) is 0 Å². The molecule has 0 aliphatic carbocycles. The molecule has 2 N–H and O–H groups in total. The van der Waals surface area contributed by atoms with E-state index in [0.717, 1.165) is 17.7 Å². The summed E-state index contributed by atoms with van der Waals surface area (Å²) in [7, 11) is 0. The van der Waals surface area contributed by atoms with Crippen LogP contribution in [0.1, 0.15) is 12.0 Å². The summed E-state index contributed by atoms with van der Waals surface area (Å²) in [5.74, 6) is -0.776. The van der Waals surface area contributed by atoms with E-state index in [4.69, 9.17) is 16.7 Å². The lowest BCUT2D eigenvalue weighted by Gasteiger charge is -2.06. The maximum Gasteiger partial charge on any atom is 0.305 e. The van der Waals surface area contributed by atoms with Gasteiger partial charge in [-0.3, -0.25) is 4.79 Å². The van der Waals surface area contributed by atoms with Crippen LogP contribution < -0.4 is 5.32 Å². The van der Waals surface area contributed by atoms with Gasteiger partial charge in [-0.15, -0.1) is 0 Å². The first-order chi connectivity index (χ1) is 6.65. The Balaban J connectivity index is 2.14. The number of hydrogen-bond acceptors (Lipinski definition) is 2. The molecule has 0 fully saturated rings. The van der Waals surface area contributed by atoms with Crippen molar-refractivity contribution in [1.29, 1.82) is 0 Å². The van der Waals surface area contributed by atoms with E-state index in [2.05, 4.69) is 5.32 Å². The highest BCUT2D eigenvalue weighted by Crippen LogP contribution is 2.29. The Kier molecular flexibility index (Phi) is 2.33. The van der Waals surface area contributed by atoms with Crippen molar-refractivity contribution in [1.82, 2.24) is 0 Å². The van der Waals surface area contributed by atoms with Crippen molar-refractivity contribution in [3.8, 4) is 0 Å². The maximum atomic E-state index is 10.5. The van der Waals surface area contributed by atoms with Gasteiger partial charge in [-0.1, -0.05) is 17.7 Å². The van der Waals surface area contributed by atoms with Gasteiger partial charge in [0.25, 0.3) is 0 Å². The number of carboxylic acids is 1. The first-order valence-electron chi connectivity index (χ1n) is 4.42. The topological polar surface area (TPSA) is 49.3 Å². The number of benzene rings is 1. The molecule has 0 bridgehead atoms. The van der Waals surface area contributed by atoms with Gasteiger partial charge in [0.1, 0.15) is 0 Å². The molecule has 1 heterocycles. The maximum absolute atomic E-state index is 10.5. The second-order valence-electron chi connectivity index (χ2n) is 3.44. The van der Waals surface area contributed by atoms with E-state index in [1.54, 1.807) is 0 Å². The summed E-state index contributed by atoms with van der Waals surface area (Å²) in [5, 5.41) is 12.5. The SMILES string of the molecule is O=C(O)CC1Cc2ccc(Cl)cc2N1. The largest absolute Gasteiger partial charge is 0.481 e. The summed E-state index contributed by atoms with van der Waals surface area (Å²) in [5.41, 5.74) is 2.10. The minimum atomic E-state index is -0.776. The van der Waals surface area contributed by atoms with Crippen molar-refractivity contribution < 1.29 is 9.90 Å². The Hall–Kier alpha value is -1.22. The Bertz CT molecular complexity index is 378. The van der Waals surface area contributed by atoms with E-state index >= 15 is 0 Å². The second kappa shape index (κ2) is 3.50. The molecule has 74 valence electrons. The van der Waals surface area contributed by atoms with Crippen molar-refractivity contribution >= 4 is 23.3 Å². The van der Waals surface area contributed by atoms with Crippen LogP contribution in [-0.2, 0) is 11.2 Å². The van der Waals surface area contributed by atoms with Crippen LogP contribution in [-0.4, -0.2) is 17.1 Å². The van der Waals surface area contributed by atoms with Gasteiger partial charge >= 0.3 is 5.97 Å². The smallest absolute Gasteiger partial charge is 0.305 e. The Morgan fingerprint density at radius 3 is 3.14 bits per heavy atom. The molecule has 1 unspecified atom stereocenters.